The van der Waals surface area contributed by atoms with Crippen LogP contribution in [0.2, 0.25) is 5.02 Å². The highest BCUT2D eigenvalue weighted by atomic mass is 35.5. The van der Waals surface area contributed by atoms with Gasteiger partial charge < -0.3 is 15.0 Å². The normalized spacial score (nSPS) is 10.7. The third-order valence-corrected chi connectivity index (χ3v) is 4.24. The lowest BCUT2D eigenvalue weighted by Gasteiger charge is -2.15. The molecule has 0 aliphatic heterocycles. The second kappa shape index (κ2) is 6.93. The second-order valence-corrected chi connectivity index (χ2v) is 6.04. The van der Waals surface area contributed by atoms with Gasteiger partial charge in [-0.25, -0.2) is 0 Å². The Morgan fingerprint density at radius 2 is 1.79 bits per heavy atom. The number of nitrogens with zero attached hydrogens (tertiary/aromatic N) is 2. The van der Waals surface area contributed by atoms with Crippen molar-refractivity contribution in [3.63, 3.8) is 0 Å². The largest absolute Gasteiger partial charge is 0.457 e. The molecule has 0 radical (unpaired) electrons. The fourth-order valence-electron chi connectivity index (χ4n) is 2.36. The number of aryl methyl sites for hydroxylation is 2. The number of benzene rings is 2. The van der Waals surface area contributed by atoms with Gasteiger partial charge in [-0.15, -0.1) is 10.2 Å². The molecule has 124 valence electrons. The topological polar surface area (TPSA) is 62.8 Å². The molecular weight excluding hydrogens is 324 g/mol. The van der Waals surface area contributed by atoms with Gasteiger partial charge >= 0.3 is 0 Å². The zero-order valence-electron chi connectivity index (χ0n) is 13.9. The summed E-state index contributed by atoms with van der Waals surface area (Å²) in [6, 6.07) is 11.6. The van der Waals surface area contributed by atoms with Crippen LogP contribution in [-0.4, -0.2) is 15.2 Å². The zero-order chi connectivity index (χ0) is 17.1. The summed E-state index contributed by atoms with van der Waals surface area (Å²) in [4.78, 5) is 3.03. The molecule has 2 N–H and O–H groups in total. The molecule has 2 aromatic carbocycles. The van der Waals surface area contributed by atoms with Gasteiger partial charge in [-0.05, 0) is 50.1 Å². The van der Waals surface area contributed by atoms with E-state index in [1.54, 1.807) is 0 Å². The molecule has 1 heterocycles. The van der Waals surface area contributed by atoms with E-state index in [4.69, 9.17) is 16.3 Å². The van der Waals surface area contributed by atoms with Crippen molar-refractivity contribution in [2.24, 2.45) is 0 Å². The van der Waals surface area contributed by atoms with Crippen LogP contribution in [0.25, 0.3) is 0 Å². The molecule has 5 nitrogen and oxygen atoms in total. The minimum absolute atomic E-state index is 0.481. The van der Waals surface area contributed by atoms with Gasteiger partial charge in [-0.3, -0.25) is 0 Å². The molecule has 0 atom stereocenters. The highest BCUT2D eigenvalue weighted by Gasteiger charge is 2.12. The predicted molar refractivity (Wildman–Crippen MR) is 95.9 cm³/mol. The molecule has 6 heteroatoms. The van der Waals surface area contributed by atoms with E-state index >= 15 is 0 Å². The molecule has 0 amide bonds. The van der Waals surface area contributed by atoms with E-state index in [2.05, 4.69) is 33.5 Å². The van der Waals surface area contributed by atoms with E-state index in [1.165, 1.54) is 5.56 Å². The number of halogens is 1. The fourth-order valence-corrected chi connectivity index (χ4v) is 2.59. The Morgan fingerprint density at radius 1 is 1.04 bits per heavy atom. The quantitative estimate of drug-likeness (QED) is 0.700. The maximum Gasteiger partial charge on any atom is 0.222 e. The molecule has 0 aliphatic carbocycles. The second-order valence-electron chi connectivity index (χ2n) is 5.63. The summed E-state index contributed by atoms with van der Waals surface area (Å²) in [7, 11) is 0. The Balaban J connectivity index is 1.85. The van der Waals surface area contributed by atoms with Crippen molar-refractivity contribution < 1.29 is 4.74 Å². The number of aromatic nitrogens is 3. The van der Waals surface area contributed by atoms with Gasteiger partial charge in [-0.2, -0.15) is 0 Å². The molecule has 0 aliphatic rings. The summed E-state index contributed by atoms with van der Waals surface area (Å²) < 4.78 is 6.12. The zero-order valence-corrected chi connectivity index (χ0v) is 14.6. The third-order valence-electron chi connectivity index (χ3n) is 3.88. The van der Waals surface area contributed by atoms with Crippen LogP contribution in [0.3, 0.4) is 0 Å². The van der Waals surface area contributed by atoms with Gasteiger partial charge in [0.1, 0.15) is 17.3 Å². The maximum absolute atomic E-state index is 6.37. The number of rotatable bonds is 5. The Morgan fingerprint density at radius 3 is 2.54 bits per heavy atom. The highest BCUT2D eigenvalue weighted by Crippen LogP contribution is 2.33. The van der Waals surface area contributed by atoms with E-state index < -0.39 is 0 Å². The number of hydrogen-bond donors (Lipinski definition) is 2. The van der Waals surface area contributed by atoms with Gasteiger partial charge in [0, 0.05) is 17.1 Å². The third kappa shape index (κ3) is 3.51. The summed E-state index contributed by atoms with van der Waals surface area (Å²) in [5, 5.41) is 11.8. The molecule has 0 spiro atoms. The predicted octanol–water partition coefficient (Wildman–Crippen LogP) is 4.79. The van der Waals surface area contributed by atoms with Crippen LogP contribution in [0.15, 0.2) is 36.4 Å². The van der Waals surface area contributed by atoms with Gasteiger partial charge in [-0.1, -0.05) is 29.8 Å². The monoisotopic (exact) mass is 342 g/mol. The molecule has 0 unspecified atom stereocenters. The molecule has 0 saturated carbocycles. The molecule has 0 fully saturated rings. The first-order valence-electron chi connectivity index (χ1n) is 7.69. The summed E-state index contributed by atoms with van der Waals surface area (Å²) in [6.07, 6.45) is 0. The summed E-state index contributed by atoms with van der Waals surface area (Å²) in [5.74, 6) is 2.91. The molecular formula is C18H19ClN4O. The lowest BCUT2D eigenvalue weighted by atomic mass is 10.1. The Hall–Kier alpha value is -2.53. The standard InChI is InChI=1S/C18H19ClN4O/c1-11-6-4-8-16(12(11)2)24-17-9-5-7-15(19)14(17)10-20-18-21-13(3)22-23-18/h4-9H,10H2,1-3H3,(H2,20,21,22,23). The van der Waals surface area contributed by atoms with Crippen molar-refractivity contribution in [1.82, 2.24) is 15.2 Å². The number of anilines is 1. The van der Waals surface area contributed by atoms with Crippen molar-refractivity contribution in [3.8, 4) is 11.5 Å². The fraction of sp³-hybridized carbons (Fsp3) is 0.222. The lowest BCUT2D eigenvalue weighted by molar-refractivity contribution is 0.473. The molecule has 1 aromatic heterocycles. The molecule has 3 aromatic rings. The van der Waals surface area contributed by atoms with Gasteiger partial charge in [0.2, 0.25) is 5.95 Å². The Bertz CT molecular complexity index is 860. The minimum Gasteiger partial charge on any atom is -0.457 e. The van der Waals surface area contributed by atoms with Crippen LogP contribution in [-0.2, 0) is 6.54 Å². The average molecular weight is 343 g/mol. The van der Waals surface area contributed by atoms with Crippen LogP contribution in [0.4, 0.5) is 5.95 Å². The maximum atomic E-state index is 6.37. The van der Waals surface area contributed by atoms with Crippen molar-refractivity contribution in [3.05, 3.63) is 63.9 Å². The summed E-state index contributed by atoms with van der Waals surface area (Å²) >= 11 is 6.37. The van der Waals surface area contributed by atoms with Crippen LogP contribution in [0.5, 0.6) is 11.5 Å². The SMILES string of the molecule is Cc1nnc(NCc2c(Cl)cccc2Oc2cccc(C)c2C)[nH]1. The molecule has 3 rings (SSSR count). The molecule has 24 heavy (non-hydrogen) atoms. The van der Waals surface area contributed by atoms with E-state index in [0.29, 0.717) is 17.5 Å². The van der Waals surface area contributed by atoms with Crippen molar-refractivity contribution in [1.29, 1.82) is 0 Å². The minimum atomic E-state index is 0.481. The average Bonchev–Trinajstić information content (AvgIpc) is 2.97. The van der Waals surface area contributed by atoms with Crippen molar-refractivity contribution in [2.45, 2.75) is 27.3 Å². The first-order valence-corrected chi connectivity index (χ1v) is 8.07. The van der Waals surface area contributed by atoms with Crippen LogP contribution in [0.1, 0.15) is 22.5 Å². The van der Waals surface area contributed by atoms with E-state index in [9.17, 15) is 0 Å². The van der Waals surface area contributed by atoms with Crippen LogP contribution in [0, 0.1) is 20.8 Å². The Labute approximate surface area is 146 Å². The smallest absolute Gasteiger partial charge is 0.222 e. The van der Waals surface area contributed by atoms with Gasteiger partial charge in [0.25, 0.3) is 0 Å². The summed E-state index contributed by atoms with van der Waals surface area (Å²) in [5.41, 5.74) is 3.17. The summed E-state index contributed by atoms with van der Waals surface area (Å²) in [6.45, 7) is 6.44. The van der Waals surface area contributed by atoms with E-state index in [1.807, 2.05) is 44.2 Å². The number of ether oxygens (including phenoxy) is 1. The van der Waals surface area contributed by atoms with E-state index in [-0.39, 0.29) is 0 Å². The number of aromatic amines is 1. The first kappa shape index (κ1) is 16.3. The van der Waals surface area contributed by atoms with Crippen LogP contribution >= 0.6 is 11.6 Å². The number of hydrogen-bond acceptors (Lipinski definition) is 4. The van der Waals surface area contributed by atoms with Gasteiger partial charge in [0.15, 0.2) is 0 Å². The van der Waals surface area contributed by atoms with Crippen molar-refractivity contribution >= 4 is 17.5 Å². The molecule has 0 bridgehead atoms. The van der Waals surface area contributed by atoms with E-state index in [0.717, 1.165) is 28.5 Å². The van der Waals surface area contributed by atoms with Crippen LogP contribution < -0.4 is 10.1 Å². The number of H-pyrrole nitrogens is 1. The first-order chi connectivity index (χ1) is 11.5. The lowest BCUT2D eigenvalue weighted by Crippen LogP contribution is -2.04. The van der Waals surface area contributed by atoms with Gasteiger partial charge in [0.05, 0.1) is 0 Å². The Kier molecular flexibility index (Phi) is 4.71. The highest BCUT2D eigenvalue weighted by molar-refractivity contribution is 6.31. The molecule has 0 saturated heterocycles. The number of nitrogens with one attached hydrogen (secondary N) is 2. The van der Waals surface area contributed by atoms with Crippen molar-refractivity contribution in [2.75, 3.05) is 5.32 Å².